The first-order chi connectivity index (χ1) is 10.7. The number of carbonyl (C=O) groups is 1. The van der Waals surface area contributed by atoms with Gasteiger partial charge in [0.05, 0.1) is 16.8 Å². The quantitative estimate of drug-likeness (QED) is 0.944. The minimum atomic E-state index is -0.0585. The fraction of sp³-hybridized carbons (Fsp3) is 0.500. The third-order valence-electron chi connectivity index (χ3n) is 4.76. The normalized spacial score (nSPS) is 21.5. The predicted molar refractivity (Wildman–Crippen MR) is 84.0 cm³/mol. The maximum atomic E-state index is 12.9. The molecule has 1 atom stereocenters. The zero-order valence-corrected chi connectivity index (χ0v) is 13.3. The van der Waals surface area contributed by atoms with Gasteiger partial charge in [-0.15, -0.1) is 0 Å². The van der Waals surface area contributed by atoms with Gasteiger partial charge >= 0.3 is 0 Å². The Balaban J connectivity index is 1.63. The molecule has 6 heteroatoms. The van der Waals surface area contributed by atoms with Crippen molar-refractivity contribution >= 4 is 17.5 Å². The number of likely N-dealkylation sites (tertiary alicyclic amines) is 1. The lowest BCUT2D eigenvalue weighted by Crippen LogP contribution is -2.31. The minimum absolute atomic E-state index is 0.0585. The number of H-pyrrole nitrogens is 1. The summed E-state index contributed by atoms with van der Waals surface area (Å²) < 4.78 is 2.08. The summed E-state index contributed by atoms with van der Waals surface area (Å²) >= 11 is 6.39. The highest BCUT2D eigenvalue weighted by molar-refractivity contribution is 6.34. The van der Waals surface area contributed by atoms with E-state index in [1.54, 1.807) is 0 Å². The standard InChI is InChI=1S/C16H19ClN4O/c1-20-8-2-4-11(20)12-5-3-9-21(12)16(22)15-13(17)14(18-19-15)10-6-7-10/h2,4,8,10,12H,3,5-7,9H2,1H3,(H,18,19). The molecular formula is C16H19ClN4O. The van der Waals surface area contributed by atoms with Gasteiger partial charge in [-0.1, -0.05) is 11.6 Å². The zero-order valence-electron chi connectivity index (χ0n) is 12.6. The molecule has 2 aromatic rings. The summed E-state index contributed by atoms with van der Waals surface area (Å²) in [5.74, 6) is 0.403. The van der Waals surface area contributed by atoms with Crippen molar-refractivity contribution in [3.05, 3.63) is 40.4 Å². The number of aryl methyl sites for hydroxylation is 1. The van der Waals surface area contributed by atoms with Crippen LogP contribution in [-0.2, 0) is 7.05 Å². The van der Waals surface area contributed by atoms with Crippen molar-refractivity contribution in [2.24, 2.45) is 7.05 Å². The monoisotopic (exact) mass is 318 g/mol. The summed E-state index contributed by atoms with van der Waals surface area (Å²) in [6, 6.07) is 4.21. The van der Waals surface area contributed by atoms with Crippen LogP contribution in [0.25, 0.3) is 0 Å². The molecular weight excluding hydrogens is 300 g/mol. The van der Waals surface area contributed by atoms with E-state index in [2.05, 4.69) is 20.8 Å². The van der Waals surface area contributed by atoms with Gasteiger partial charge in [0.1, 0.15) is 0 Å². The summed E-state index contributed by atoms with van der Waals surface area (Å²) in [5.41, 5.74) is 2.48. The van der Waals surface area contributed by atoms with E-state index in [0.29, 0.717) is 16.6 Å². The van der Waals surface area contributed by atoms with Crippen molar-refractivity contribution in [2.45, 2.75) is 37.6 Å². The molecule has 1 N–H and O–H groups in total. The maximum absolute atomic E-state index is 12.9. The number of hydrogen-bond donors (Lipinski definition) is 1. The topological polar surface area (TPSA) is 53.9 Å². The number of hydrogen-bond acceptors (Lipinski definition) is 2. The fourth-order valence-corrected chi connectivity index (χ4v) is 3.72. The molecule has 1 amide bonds. The highest BCUT2D eigenvalue weighted by atomic mass is 35.5. The summed E-state index contributed by atoms with van der Waals surface area (Å²) in [6.45, 7) is 0.761. The molecule has 0 spiro atoms. The van der Waals surface area contributed by atoms with Crippen LogP contribution in [0.3, 0.4) is 0 Å². The predicted octanol–water partition coefficient (Wildman–Crippen LogP) is 3.26. The van der Waals surface area contributed by atoms with E-state index >= 15 is 0 Å². The van der Waals surface area contributed by atoms with Crippen LogP contribution in [0.15, 0.2) is 18.3 Å². The molecule has 2 aliphatic rings. The molecule has 0 aromatic carbocycles. The fourth-order valence-electron chi connectivity index (χ4n) is 3.40. The number of aromatic nitrogens is 3. The number of rotatable bonds is 3. The van der Waals surface area contributed by atoms with E-state index in [1.165, 1.54) is 5.69 Å². The molecule has 1 saturated heterocycles. The third-order valence-corrected chi connectivity index (χ3v) is 5.14. The zero-order chi connectivity index (χ0) is 15.3. The lowest BCUT2D eigenvalue weighted by Gasteiger charge is -2.24. The molecule has 1 aliphatic heterocycles. The van der Waals surface area contributed by atoms with Gasteiger partial charge in [-0.3, -0.25) is 9.89 Å². The van der Waals surface area contributed by atoms with E-state index < -0.39 is 0 Å². The van der Waals surface area contributed by atoms with Crippen LogP contribution in [0, 0.1) is 0 Å². The van der Waals surface area contributed by atoms with Crippen LogP contribution in [0.1, 0.15) is 59.5 Å². The highest BCUT2D eigenvalue weighted by Gasteiger charge is 2.36. The van der Waals surface area contributed by atoms with E-state index in [-0.39, 0.29) is 11.9 Å². The van der Waals surface area contributed by atoms with Crippen LogP contribution < -0.4 is 0 Å². The Bertz CT molecular complexity index is 716. The number of amides is 1. The Labute approximate surface area is 134 Å². The first kappa shape index (κ1) is 13.9. The lowest BCUT2D eigenvalue weighted by atomic mass is 10.1. The van der Waals surface area contributed by atoms with Crippen molar-refractivity contribution in [1.82, 2.24) is 19.7 Å². The summed E-state index contributed by atoms with van der Waals surface area (Å²) in [7, 11) is 2.02. The molecule has 3 heterocycles. The van der Waals surface area contributed by atoms with Gasteiger partial charge in [-0.2, -0.15) is 5.10 Å². The van der Waals surface area contributed by atoms with Crippen LogP contribution >= 0.6 is 11.6 Å². The molecule has 1 unspecified atom stereocenters. The molecule has 2 fully saturated rings. The van der Waals surface area contributed by atoms with E-state index in [0.717, 1.165) is 37.9 Å². The van der Waals surface area contributed by atoms with Crippen molar-refractivity contribution in [2.75, 3.05) is 6.54 Å². The highest BCUT2D eigenvalue weighted by Crippen LogP contribution is 2.43. The Hall–Kier alpha value is -1.75. The van der Waals surface area contributed by atoms with Crippen molar-refractivity contribution in [3.63, 3.8) is 0 Å². The molecule has 22 heavy (non-hydrogen) atoms. The van der Waals surface area contributed by atoms with Gasteiger partial charge in [0.2, 0.25) is 0 Å². The largest absolute Gasteiger partial charge is 0.353 e. The first-order valence-corrected chi connectivity index (χ1v) is 8.20. The maximum Gasteiger partial charge on any atom is 0.276 e. The number of halogens is 1. The minimum Gasteiger partial charge on any atom is -0.353 e. The summed E-state index contributed by atoms with van der Waals surface area (Å²) in [4.78, 5) is 14.8. The number of carbonyl (C=O) groups excluding carboxylic acids is 1. The molecule has 1 aliphatic carbocycles. The van der Waals surface area contributed by atoms with E-state index in [1.807, 2.05) is 24.2 Å². The van der Waals surface area contributed by atoms with Gasteiger partial charge < -0.3 is 9.47 Å². The van der Waals surface area contributed by atoms with E-state index in [4.69, 9.17) is 11.6 Å². The Kier molecular flexibility index (Phi) is 3.26. The van der Waals surface area contributed by atoms with Crippen LogP contribution in [0.5, 0.6) is 0 Å². The molecule has 0 radical (unpaired) electrons. The number of aromatic amines is 1. The van der Waals surface area contributed by atoms with Gasteiger partial charge in [-0.05, 0) is 37.8 Å². The van der Waals surface area contributed by atoms with Crippen molar-refractivity contribution in [3.8, 4) is 0 Å². The Morgan fingerprint density at radius 2 is 2.23 bits per heavy atom. The van der Waals surface area contributed by atoms with Gasteiger partial charge in [-0.25, -0.2) is 0 Å². The molecule has 5 nitrogen and oxygen atoms in total. The van der Waals surface area contributed by atoms with Crippen molar-refractivity contribution < 1.29 is 4.79 Å². The Morgan fingerprint density at radius 3 is 2.91 bits per heavy atom. The van der Waals surface area contributed by atoms with Gasteiger partial charge in [0.25, 0.3) is 5.91 Å². The third kappa shape index (κ3) is 2.15. The molecule has 0 bridgehead atoms. The van der Waals surface area contributed by atoms with Crippen LogP contribution in [0.4, 0.5) is 0 Å². The second-order valence-corrected chi connectivity index (χ2v) is 6.65. The number of nitrogens with zero attached hydrogens (tertiary/aromatic N) is 3. The van der Waals surface area contributed by atoms with Gasteiger partial charge in [0.15, 0.2) is 5.69 Å². The van der Waals surface area contributed by atoms with Gasteiger partial charge in [0, 0.05) is 31.4 Å². The Morgan fingerprint density at radius 1 is 1.41 bits per heavy atom. The average Bonchev–Trinajstić information content (AvgIpc) is 2.92. The second kappa shape index (κ2) is 5.16. The molecule has 4 rings (SSSR count). The lowest BCUT2D eigenvalue weighted by molar-refractivity contribution is 0.0725. The summed E-state index contributed by atoms with van der Waals surface area (Å²) in [5, 5.41) is 7.69. The average molecular weight is 319 g/mol. The number of nitrogens with one attached hydrogen (secondary N) is 1. The van der Waals surface area contributed by atoms with Crippen LogP contribution in [0.2, 0.25) is 5.02 Å². The summed E-state index contributed by atoms with van der Waals surface area (Å²) in [6.07, 6.45) is 6.28. The van der Waals surface area contributed by atoms with E-state index in [9.17, 15) is 4.79 Å². The smallest absolute Gasteiger partial charge is 0.276 e. The van der Waals surface area contributed by atoms with Crippen LogP contribution in [-0.4, -0.2) is 32.1 Å². The SMILES string of the molecule is Cn1cccc1C1CCCN1C(=O)c1n[nH]c(C2CC2)c1Cl. The second-order valence-electron chi connectivity index (χ2n) is 6.27. The first-order valence-electron chi connectivity index (χ1n) is 7.82. The van der Waals surface area contributed by atoms with Crippen molar-refractivity contribution in [1.29, 1.82) is 0 Å². The molecule has 1 saturated carbocycles. The molecule has 2 aromatic heterocycles. The molecule has 116 valence electrons.